The van der Waals surface area contributed by atoms with E-state index in [0.717, 1.165) is 44.9 Å². The first kappa shape index (κ1) is 14.0. The normalized spacial score (nSPS) is 14.9. The predicted molar refractivity (Wildman–Crippen MR) is 74.7 cm³/mol. The molecule has 1 fully saturated rings. The van der Waals surface area contributed by atoms with Crippen molar-refractivity contribution in [3.05, 3.63) is 22.2 Å². The number of hydrogen-bond donors (Lipinski definition) is 2. The molecule has 0 spiro atoms. The van der Waals surface area contributed by atoms with Crippen LogP contribution in [0.4, 0.5) is 5.82 Å². The van der Waals surface area contributed by atoms with Gasteiger partial charge in [0.15, 0.2) is 0 Å². The zero-order chi connectivity index (χ0) is 13.7. The summed E-state index contributed by atoms with van der Waals surface area (Å²) in [5.41, 5.74) is -0.0767. The quantitative estimate of drug-likeness (QED) is 0.722. The van der Waals surface area contributed by atoms with Gasteiger partial charge in [0.25, 0.3) is 5.56 Å². The van der Waals surface area contributed by atoms with Gasteiger partial charge >= 0.3 is 0 Å². The highest BCUT2D eigenvalue weighted by Crippen LogP contribution is 2.37. The maximum absolute atomic E-state index is 11.5. The van der Waals surface area contributed by atoms with Crippen LogP contribution in [-0.4, -0.2) is 55.3 Å². The van der Waals surface area contributed by atoms with Crippen LogP contribution in [0.5, 0.6) is 0 Å². The summed E-state index contributed by atoms with van der Waals surface area (Å²) in [4.78, 5) is 20.9. The van der Waals surface area contributed by atoms with Crippen LogP contribution in [0.1, 0.15) is 24.6 Å². The maximum atomic E-state index is 11.5. The molecular formula is C13H22N4O2. The molecule has 2 rings (SSSR count). The monoisotopic (exact) mass is 266 g/mol. The fourth-order valence-corrected chi connectivity index (χ4v) is 1.85. The van der Waals surface area contributed by atoms with Gasteiger partial charge in [0.05, 0.1) is 6.61 Å². The molecular weight excluding hydrogens is 244 g/mol. The van der Waals surface area contributed by atoms with Gasteiger partial charge in [-0.1, -0.05) is 0 Å². The van der Waals surface area contributed by atoms with Gasteiger partial charge in [0, 0.05) is 38.7 Å². The number of nitrogens with zero attached hydrogens (tertiary/aromatic N) is 2. The highest BCUT2D eigenvalue weighted by Gasteiger charge is 2.26. The highest BCUT2D eigenvalue weighted by molar-refractivity contribution is 5.33. The van der Waals surface area contributed by atoms with Gasteiger partial charge in [0.2, 0.25) is 0 Å². The minimum absolute atomic E-state index is 0.0767. The summed E-state index contributed by atoms with van der Waals surface area (Å²) in [6, 6.07) is 1.51. The van der Waals surface area contributed by atoms with Crippen molar-refractivity contribution in [2.45, 2.75) is 18.8 Å². The van der Waals surface area contributed by atoms with E-state index in [2.05, 4.69) is 20.2 Å². The number of methoxy groups -OCH3 is 1. The highest BCUT2D eigenvalue weighted by atomic mass is 16.5. The molecule has 1 aliphatic carbocycles. The number of likely N-dealkylation sites (N-methyl/N-ethyl adjacent to an activating group) is 1. The molecule has 0 bridgehead atoms. The minimum atomic E-state index is -0.0767. The molecule has 19 heavy (non-hydrogen) atoms. The fourth-order valence-electron chi connectivity index (χ4n) is 1.85. The van der Waals surface area contributed by atoms with Gasteiger partial charge < -0.3 is 19.9 Å². The number of aromatic nitrogens is 2. The Morgan fingerprint density at radius 2 is 2.32 bits per heavy atom. The lowest BCUT2D eigenvalue weighted by molar-refractivity contribution is 0.163. The summed E-state index contributed by atoms with van der Waals surface area (Å²) < 4.78 is 5.02. The van der Waals surface area contributed by atoms with Crippen molar-refractivity contribution >= 4 is 5.82 Å². The average molecular weight is 266 g/mol. The van der Waals surface area contributed by atoms with E-state index in [1.54, 1.807) is 7.11 Å². The third kappa shape index (κ3) is 4.65. The van der Waals surface area contributed by atoms with Crippen molar-refractivity contribution in [3.8, 4) is 0 Å². The van der Waals surface area contributed by atoms with E-state index in [9.17, 15) is 4.79 Å². The summed E-state index contributed by atoms with van der Waals surface area (Å²) in [7, 11) is 3.74. The second kappa shape index (κ2) is 6.68. The molecule has 1 heterocycles. The number of anilines is 1. The van der Waals surface area contributed by atoms with Crippen LogP contribution >= 0.6 is 0 Å². The van der Waals surface area contributed by atoms with E-state index >= 15 is 0 Å². The summed E-state index contributed by atoms with van der Waals surface area (Å²) in [5.74, 6) is 1.95. The molecule has 1 saturated carbocycles. The number of nitrogens with one attached hydrogen (secondary N) is 2. The van der Waals surface area contributed by atoms with Crippen LogP contribution in [0.25, 0.3) is 0 Å². The zero-order valence-corrected chi connectivity index (χ0v) is 11.6. The first-order valence-electron chi connectivity index (χ1n) is 6.71. The SMILES string of the molecule is COCCN(C)CCNc1cc(=O)[nH]c(C2CC2)n1. The molecule has 0 aliphatic heterocycles. The molecule has 0 amide bonds. The Morgan fingerprint density at radius 3 is 3.00 bits per heavy atom. The molecule has 1 aromatic rings. The second-order valence-corrected chi connectivity index (χ2v) is 5.01. The van der Waals surface area contributed by atoms with Gasteiger partial charge in [-0.3, -0.25) is 4.79 Å². The number of ether oxygens (including phenoxy) is 1. The summed E-state index contributed by atoms with van der Waals surface area (Å²) in [6.45, 7) is 3.28. The largest absolute Gasteiger partial charge is 0.383 e. The van der Waals surface area contributed by atoms with Crippen LogP contribution in [0.2, 0.25) is 0 Å². The topological polar surface area (TPSA) is 70.2 Å². The van der Waals surface area contributed by atoms with Crippen LogP contribution in [-0.2, 0) is 4.74 Å². The third-order valence-electron chi connectivity index (χ3n) is 3.20. The Labute approximate surface area is 113 Å². The van der Waals surface area contributed by atoms with E-state index in [1.165, 1.54) is 6.07 Å². The fraction of sp³-hybridized carbons (Fsp3) is 0.692. The van der Waals surface area contributed by atoms with E-state index < -0.39 is 0 Å². The second-order valence-electron chi connectivity index (χ2n) is 5.01. The van der Waals surface area contributed by atoms with Crippen molar-refractivity contribution in [1.82, 2.24) is 14.9 Å². The molecule has 0 radical (unpaired) electrons. The standard InChI is InChI=1S/C13H22N4O2/c1-17(7-8-19-2)6-5-14-11-9-12(18)16-13(15-11)10-3-4-10/h9-10H,3-8H2,1-2H3,(H2,14,15,16,18). The molecule has 1 aromatic heterocycles. The lowest BCUT2D eigenvalue weighted by Crippen LogP contribution is -2.28. The number of H-pyrrole nitrogens is 1. The van der Waals surface area contributed by atoms with E-state index in [0.29, 0.717) is 11.7 Å². The summed E-state index contributed by atoms with van der Waals surface area (Å²) in [6.07, 6.45) is 2.26. The van der Waals surface area contributed by atoms with Crippen LogP contribution in [0, 0.1) is 0 Å². The Kier molecular flexibility index (Phi) is 4.93. The first-order valence-corrected chi connectivity index (χ1v) is 6.71. The van der Waals surface area contributed by atoms with Gasteiger partial charge in [0.1, 0.15) is 11.6 Å². The lowest BCUT2D eigenvalue weighted by Gasteiger charge is -2.16. The van der Waals surface area contributed by atoms with E-state index in [1.807, 2.05) is 7.05 Å². The Bertz CT molecular complexity index is 456. The van der Waals surface area contributed by atoms with Crippen molar-refractivity contribution in [2.24, 2.45) is 0 Å². The Hall–Kier alpha value is -1.40. The summed E-state index contributed by atoms with van der Waals surface area (Å²) in [5, 5.41) is 3.20. The molecule has 2 N–H and O–H groups in total. The van der Waals surface area contributed by atoms with Crippen LogP contribution in [0.3, 0.4) is 0 Å². The molecule has 1 aliphatic rings. The molecule has 6 heteroatoms. The van der Waals surface area contributed by atoms with Crippen LogP contribution in [0.15, 0.2) is 10.9 Å². The van der Waals surface area contributed by atoms with Crippen molar-refractivity contribution in [3.63, 3.8) is 0 Å². The Morgan fingerprint density at radius 1 is 1.53 bits per heavy atom. The Balaban J connectivity index is 1.80. The van der Waals surface area contributed by atoms with Crippen LogP contribution < -0.4 is 10.9 Å². The number of rotatable bonds is 8. The molecule has 0 aromatic carbocycles. The van der Waals surface area contributed by atoms with Gasteiger partial charge in [-0.2, -0.15) is 0 Å². The maximum Gasteiger partial charge on any atom is 0.252 e. The molecule has 0 unspecified atom stereocenters. The third-order valence-corrected chi connectivity index (χ3v) is 3.20. The van der Waals surface area contributed by atoms with E-state index in [-0.39, 0.29) is 5.56 Å². The molecule has 0 atom stereocenters. The predicted octanol–water partition coefficient (Wildman–Crippen LogP) is 0.637. The lowest BCUT2D eigenvalue weighted by atomic mass is 10.4. The van der Waals surface area contributed by atoms with Crippen molar-refractivity contribution in [1.29, 1.82) is 0 Å². The number of aromatic amines is 1. The first-order chi connectivity index (χ1) is 9.19. The van der Waals surface area contributed by atoms with E-state index in [4.69, 9.17) is 4.74 Å². The van der Waals surface area contributed by atoms with Crippen molar-refractivity contribution in [2.75, 3.05) is 45.7 Å². The minimum Gasteiger partial charge on any atom is -0.383 e. The number of hydrogen-bond acceptors (Lipinski definition) is 5. The van der Waals surface area contributed by atoms with Gasteiger partial charge in [-0.05, 0) is 19.9 Å². The van der Waals surface area contributed by atoms with Gasteiger partial charge in [-0.15, -0.1) is 0 Å². The van der Waals surface area contributed by atoms with Gasteiger partial charge in [-0.25, -0.2) is 4.98 Å². The van der Waals surface area contributed by atoms with Crippen molar-refractivity contribution < 1.29 is 4.74 Å². The zero-order valence-electron chi connectivity index (χ0n) is 11.6. The average Bonchev–Trinajstić information content (AvgIpc) is 3.20. The molecule has 0 saturated heterocycles. The molecule has 6 nitrogen and oxygen atoms in total. The smallest absolute Gasteiger partial charge is 0.252 e. The summed E-state index contributed by atoms with van der Waals surface area (Å²) >= 11 is 0. The molecule has 106 valence electrons.